The largest absolute Gasteiger partial charge is 0.478 e. The van der Waals surface area contributed by atoms with E-state index in [-0.39, 0.29) is 11.3 Å². The van der Waals surface area contributed by atoms with Crippen LogP contribution in [0.25, 0.3) is 0 Å². The highest BCUT2D eigenvalue weighted by molar-refractivity contribution is 5.87. The standard InChI is InChI=1S/C14H12N4O2/c15-9-12-13(18-8-7-16-12)17-6-5-10-1-3-11(4-2-10)14(19)20/h1-4,7-8H,5-6H2,(H,17,18)(H,19,20). The summed E-state index contributed by atoms with van der Waals surface area (Å²) < 4.78 is 0. The van der Waals surface area contributed by atoms with E-state index in [2.05, 4.69) is 15.3 Å². The molecule has 0 bridgehead atoms. The van der Waals surface area contributed by atoms with Gasteiger partial charge in [0, 0.05) is 18.9 Å². The molecule has 6 nitrogen and oxygen atoms in total. The highest BCUT2D eigenvalue weighted by atomic mass is 16.4. The number of carbonyl (C=O) groups is 1. The Labute approximate surface area is 115 Å². The van der Waals surface area contributed by atoms with Gasteiger partial charge >= 0.3 is 5.97 Å². The van der Waals surface area contributed by atoms with Gasteiger partial charge in [-0.15, -0.1) is 0 Å². The van der Waals surface area contributed by atoms with Crippen LogP contribution in [0.5, 0.6) is 0 Å². The number of nitriles is 1. The zero-order valence-electron chi connectivity index (χ0n) is 10.6. The molecule has 0 saturated heterocycles. The summed E-state index contributed by atoms with van der Waals surface area (Å²) in [7, 11) is 0. The summed E-state index contributed by atoms with van der Waals surface area (Å²) in [5.41, 5.74) is 1.53. The molecule has 0 unspecified atom stereocenters. The molecule has 0 saturated carbocycles. The summed E-state index contributed by atoms with van der Waals surface area (Å²) in [5.74, 6) is -0.481. The third-order valence-corrected chi connectivity index (χ3v) is 2.71. The number of nitrogens with one attached hydrogen (secondary N) is 1. The summed E-state index contributed by atoms with van der Waals surface area (Å²) >= 11 is 0. The lowest BCUT2D eigenvalue weighted by Crippen LogP contribution is -2.08. The zero-order valence-corrected chi connectivity index (χ0v) is 10.6. The quantitative estimate of drug-likeness (QED) is 0.856. The lowest BCUT2D eigenvalue weighted by Gasteiger charge is -2.06. The average molecular weight is 268 g/mol. The van der Waals surface area contributed by atoms with Crippen molar-refractivity contribution in [2.75, 3.05) is 11.9 Å². The Balaban J connectivity index is 1.93. The third kappa shape index (κ3) is 3.29. The summed E-state index contributed by atoms with van der Waals surface area (Å²) in [6.07, 6.45) is 3.68. The first-order chi connectivity index (χ1) is 9.70. The molecule has 6 heteroatoms. The van der Waals surface area contributed by atoms with E-state index < -0.39 is 5.97 Å². The summed E-state index contributed by atoms with van der Waals surface area (Å²) in [4.78, 5) is 18.7. The molecule has 0 spiro atoms. The van der Waals surface area contributed by atoms with E-state index in [0.717, 1.165) is 5.56 Å². The Hall–Kier alpha value is -2.94. The van der Waals surface area contributed by atoms with Gasteiger partial charge in [-0.25, -0.2) is 14.8 Å². The fourth-order valence-corrected chi connectivity index (χ4v) is 1.69. The number of hydrogen-bond donors (Lipinski definition) is 2. The van der Waals surface area contributed by atoms with Gasteiger partial charge in [-0.3, -0.25) is 0 Å². The van der Waals surface area contributed by atoms with Crippen molar-refractivity contribution in [2.45, 2.75) is 6.42 Å². The van der Waals surface area contributed by atoms with Gasteiger partial charge < -0.3 is 10.4 Å². The van der Waals surface area contributed by atoms with Crippen LogP contribution >= 0.6 is 0 Å². The molecule has 0 radical (unpaired) electrons. The van der Waals surface area contributed by atoms with Crippen molar-refractivity contribution in [1.82, 2.24) is 9.97 Å². The number of carboxylic acids is 1. The van der Waals surface area contributed by atoms with E-state index >= 15 is 0 Å². The number of carboxylic acid groups (broad SMARTS) is 1. The van der Waals surface area contributed by atoms with Gasteiger partial charge in [0.25, 0.3) is 0 Å². The molecule has 1 heterocycles. The Bertz CT molecular complexity index is 647. The number of benzene rings is 1. The minimum Gasteiger partial charge on any atom is -0.478 e. The molecular formula is C14H12N4O2. The molecule has 0 fully saturated rings. The lowest BCUT2D eigenvalue weighted by molar-refractivity contribution is 0.0697. The SMILES string of the molecule is N#Cc1nccnc1NCCc1ccc(C(=O)O)cc1. The maximum atomic E-state index is 10.7. The molecule has 1 aromatic heterocycles. The monoisotopic (exact) mass is 268 g/mol. The van der Waals surface area contributed by atoms with E-state index in [0.29, 0.717) is 18.8 Å². The number of nitrogens with zero attached hydrogens (tertiary/aromatic N) is 3. The van der Waals surface area contributed by atoms with E-state index in [9.17, 15) is 4.79 Å². The van der Waals surface area contributed by atoms with E-state index in [1.54, 1.807) is 24.3 Å². The van der Waals surface area contributed by atoms with E-state index in [1.807, 2.05) is 6.07 Å². The molecule has 1 aromatic carbocycles. The molecule has 2 aromatic rings. The topological polar surface area (TPSA) is 98.9 Å². The summed E-state index contributed by atoms with van der Waals surface area (Å²) in [6, 6.07) is 8.64. The summed E-state index contributed by atoms with van der Waals surface area (Å²) in [6.45, 7) is 0.583. The van der Waals surface area contributed by atoms with Crippen molar-refractivity contribution in [1.29, 1.82) is 5.26 Å². The van der Waals surface area contributed by atoms with Gasteiger partial charge in [0.2, 0.25) is 0 Å². The Morgan fingerprint density at radius 3 is 2.60 bits per heavy atom. The van der Waals surface area contributed by atoms with Crippen molar-refractivity contribution in [2.24, 2.45) is 0 Å². The first-order valence-corrected chi connectivity index (χ1v) is 5.98. The second-order valence-electron chi connectivity index (χ2n) is 4.04. The highest BCUT2D eigenvalue weighted by Crippen LogP contribution is 2.08. The molecule has 0 aliphatic heterocycles. The number of anilines is 1. The molecular weight excluding hydrogens is 256 g/mol. The molecule has 20 heavy (non-hydrogen) atoms. The van der Waals surface area contributed by atoms with Crippen molar-refractivity contribution >= 4 is 11.8 Å². The van der Waals surface area contributed by atoms with Crippen LogP contribution in [0.2, 0.25) is 0 Å². The van der Waals surface area contributed by atoms with Crippen molar-refractivity contribution in [3.8, 4) is 6.07 Å². The molecule has 0 aliphatic rings. The summed E-state index contributed by atoms with van der Waals surface area (Å²) in [5, 5.41) is 20.7. The Morgan fingerprint density at radius 1 is 1.25 bits per heavy atom. The maximum Gasteiger partial charge on any atom is 0.335 e. The van der Waals surface area contributed by atoms with Crippen molar-refractivity contribution < 1.29 is 9.90 Å². The minimum atomic E-state index is -0.937. The van der Waals surface area contributed by atoms with Crippen LogP contribution in [0.3, 0.4) is 0 Å². The normalized spacial score (nSPS) is 9.75. The van der Waals surface area contributed by atoms with Crippen LogP contribution in [-0.2, 0) is 6.42 Å². The number of rotatable bonds is 5. The van der Waals surface area contributed by atoms with Crippen LogP contribution < -0.4 is 5.32 Å². The van der Waals surface area contributed by atoms with Gasteiger partial charge in [0.05, 0.1) is 5.56 Å². The van der Waals surface area contributed by atoms with Crippen LogP contribution in [0.15, 0.2) is 36.7 Å². The maximum absolute atomic E-state index is 10.7. The molecule has 2 rings (SSSR count). The second-order valence-corrected chi connectivity index (χ2v) is 4.04. The van der Waals surface area contributed by atoms with Crippen LogP contribution in [-0.4, -0.2) is 27.6 Å². The molecule has 2 N–H and O–H groups in total. The van der Waals surface area contributed by atoms with Gasteiger partial charge in [0.1, 0.15) is 6.07 Å². The van der Waals surface area contributed by atoms with E-state index in [4.69, 9.17) is 10.4 Å². The highest BCUT2D eigenvalue weighted by Gasteiger charge is 2.04. The van der Waals surface area contributed by atoms with Crippen LogP contribution in [0.4, 0.5) is 5.82 Å². The number of aromatic carboxylic acids is 1. The molecule has 0 atom stereocenters. The van der Waals surface area contributed by atoms with Crippen LogP contribution in [0, 0.1) is 11.3 Å². The number of hydrogen-bond acceptors (Lipinski definition) is 5. The van der Waals surface area contributed by atoms with Gasteiger partial charge in [0.15, 0.2) is 11.5 Å². The molecule has 0 amide bonds. The fraction of sp³-hybridized carbons (Fsp3) is 0.143. The van der Waals surface area contributed by atoms with E-state index in [1.165, 1.54) is 12.4 Å². The molecule has 100 valence electrons. The predicted molar refractivity (Wildman–Crippen MR) is 72.3 cm³/mol. The number of aromatic nitrogens is 2. The molecule has 0 aliphatic carbocycles. The Morgan fingerprint density at radius 2 is 1.95 bits per heavy atom. The first-order valence-electron chi connectivity index (χ1n) is 5.98. The van der Waals surface area contributed by atoms with Crippen molar-refractivity contribution in [3.05, 3.63) is 53.5 Å². The van der Waals surface area contributed by atoms with Gasteiger partial charge in [-0.2, -0.15) is 5.26 Å². The third-order valence-electron chi connectivity index (χ3n) is 2.71. The van der Waals surface area contributed by atoms with Gasteiger partial charge in [-0.1, -0.05) is 12.1 Å². The van der Waals surface area contributed by atoms with Gasteiger partial charge in [-0.05, 0) is 24.1 Å². The second kappa shape index (κ2) is 6.29. The van der Waals surface area contributed by atoms with Crippen LogP contribution in [0.1, 0.15) is 21.6 Å². The lowest BCUT2D eigenvalue weighted by atomic mass is 10.1. The van der Waals surface area contributed by atoms with Crippen molar-refractivity contribution in [3.63, 3.8) is 0 Å². The predicted octanol–water partition coefficient (Wildman–Crippen LogP) is 1.70. The fourth-order valence-electron chi connectivity index (χ4n) is 1.69. The Kier molecular flexibility index (Phi) is 4.24. The first kappa shape index (κ1) is 13.5. The minimum absolute atomic E-state index is 0.258. The average Bonchev–Trinajstić information content (AvgIpc) is 2.48. The zero-order chi connectivity index (χ0) is 14.4. The smallest absolute Gasteiger partial charge is 0.335 e.